The van der Waals surface area contributed by atoms with E-state index in [0.29, 0.717) is 31.5 Å². The highest BCUT2D eigenvalue weighted by Gasteiger charge is 2.61. The number of amides is 1. The fraction of sp³-hybridized carbons (Fsp3) is 0.667. The van der Waals surface area contributed by atoms with Crippen molar-refractivity contribution < 1.29 is 23.8 Å². The van der Waals surface area contributed by atoms with Crippen LogP contribution in [-0.2, 0) is 14.3 Å². The fourth-order valence-electron chi connectivity index (χ4n) is 6.32. The van der Waals surface area contributed by atoms with Crippen molar-refractivity contribution in [2.75, 3.05) is 19.8 Å². The van der Waals surface area contributed by atoms with Crippen LogP contribution in [0.1, 0.15) is 58.8 Å². The van der Waals surface area contributed by atoms with Gasteiger partial charge in [0, 0.05) is 12.5 Å². The topological polar surface area (TPSA) is 73.9 Å². The van der Waals surface area contributed by atoms with Crippen molar-refractivity contribution in [3.05, 3.63) is 24.3 Å². The number of carbonyl (C=O) groups excluding carboxylic acids is 2. The molecule has 6 nitrogen and oxygen atoms in total. The van der Waals surface area contributed by atoms with E-state index in [9.17, 15) is 9.59 Å². The Kier molecular flexibility index (Phi) is 5.94. The van der Waals surface area contributed by atoms with Gasteiger partial charge in [0.1, 0.15) is 24.7 Å². The number of rotatable bonds is 9. The number of nitrogens with one attached hydrogen (secondary N) is 1. The predicted octanol–water partition coefficient (Wildman–Crippen LogP) is 3.87. The summed E-state index contributed by atoms with van der Waals surface area (Å²) in [6, 6.07) is 7.49. The number of hydrogen-bond donors (Lipinski definition) is 1. The zero-order valence-corrected chi connectivity index (χ0v) is 18.1. The van der Waals surface area contributed by atoms with E-state index >= 15 is 0 Å². The molecule has 0 aromatic heterocycles. The third-order valence-electron chi connectivity index (χ3n) is 6.82. The average Bonchev–Trinajstić information content (AvgIpc) is 2.68. The van der Waals surface area contributed by atoms with Gasteiger partial charge in [-0.25, -0.2) is 0 Å². The molecule has 0 heterocycles. The minimum Gasteiger partial charge on any atom is -0.494 e. The van der Waals surface area contributed by atoms with Gasteiger partial charge in [0.05, 0.1) is 12.0 Å². The molecule has 2 unspecified atom stereocenters. The zero-order chi connectivity index (χ0) is 21.2. The lowest BCUT2D eigenvalue weighted by atomic mass is 9.47. The molecule has 0 spiro atoms. The second kappa shape index (κ2) is 8.48. The highest BCUT2D eigenvalue weighted by atomic mass is 16.6. The maximum Gasteiger partial charge on any atom is 0.312 e. The van der Waals surface area contributed by atoms with Crippen LogP contribution in [0.4, 0.5) is 0 Å². The monoisotopic (exact) mass is 415 g/mol. The summed E-state index contributed by atoms with van der Waals surface area (Å²) in [6.45, 7) is 4.89. The van der Waals surface area contributed by atoms with E-state index in [4.69, 9.17) is 14.2 Å². The first-order valence-electron chi connectivity index (χ1n) is 11.2. The SMILES string of the molecule is CCCOc1ccc(OCCOC(=O)C23CC4CC(CC(NC(C)=O)(C4)C2)C3)cc1. The number of esters is 1. The van der Waals surface area contributed by atoms with Crippen molar-refractivity contribution in [1.29, 1.82) is 0 Å². The van der Waals surface area contributed by atoms with E-state index < -0.39 is 5.41 Å². The van der Waals surface area contributed by atoms with Gasteiger partial charge in [-0.2, -0.15) is 0 Å². The highest BCUT2D eigenvalue weighted by Crippen LogP contribution is 2.62. The van der Waals surface area contributed by atoms with E-state index in [1.54, 1.807) is 6.92 Å². The Labute approximate surface area is 178 Å². The second-order valence-electron chi connectivity index (χ2n) is 9.51. The Morgan fingerprint density at radius 3 is 2.13 bits per heavy atom. The highest BCUT2D eigenvalue weighted by molar-refractivity contribution is 5.79. The Hall–Kier alpha value is -2.24. The molecule has 0 radical (unpaired) electrons. The third-order valence-corrected chi connectivity index (χ3v) is 6.82. The molecule has 4 aliphatic carbocycles. The van der Waals surface area contributed by atoms with Crippen LogP contribution in [0.2, 0.25) is 0 Å². The molecule has 0 aliphatic heterocycles. The van der Waals surface area contributed by atoms with Crippen molar-refractivity contribution in [2.45, 2.75) is 64.3 Å². The number of benzene rings is 1. The number of hydrogen-bond acceptors (Lipinski definition) is 5. The van der Waals surface area contributed by atoms with Crippen LogP contribution in [0.5, 0.6) is 11.5 Å². The average molecular weight is 416 g/mol. The summed E-state index contributed by atoms with van der Waals surface area (Å²) in [5, 5.41) is 3.19. The first kappa shape index (κ1) is 21.0. The van der Waals surface area contributed by atoms with Crippen molar-refractivity contribution >= 4 is 11.9 Å². The Morgan fingerprint density at radius 1 is 0.967 bits per heavy atom. The van der Waals surface area contributed by atoms with Crippen LogP contribution in [0.15, 0.2) is 24.3 Å². The Bertz CT molecular complexity index is 760. The van der Waals surface area contributed by atoms with Gasteiger partial charge >= 0.3 is 5.97 Å². The van der Waals surface area contributed by atoms with E-state index in [-0.39, 0.29) is 24.0 Å². The smallest absolute Gasteiger partial charge is 0.312 e. The van der Waals surface area contributed by atoms with Crippen molar-refractivity contribution in [3.8, 4) is 11.5 Å². The van der Waals surface area contributed by atoms with Crippen LogP contribution >= 0.6 is 0 Å². The molecule has 30 heavy (non-hydrogen) atoms. The Balaban J connectivity index is 1.28. The maximum absolute atomic E-state index is 13.1. The van der Waals surface area contributed by atoms with Crippen LogP contribution in [0.25, 0.3) is 0 Å². The lowest BCUT2D eigenvalue weighted by Crippen LogP contribution is -2.64. The summed E-state index contributed by atoms with van der Waals surface area (Å²) in [5.41, 5.74) is -0.655. The molecule has 0 saturated heterocycles. The van der Waals surface area contributed by atoms with Gasteiger partial charge in [0.15, 0.2) is 0 Å². The van der Waals surface area contributed by atoms with E-state index in [2.05, 4.69) is 12.2 Å². The lowest BCUT2D eigenvalue weighted by molar-refractivity contribution is -0.176. The van der Waals surface area contributed by atoms with Crippen LogP contribution in [-0.4, -0.2) is 37.2 Å². The normalized spacial score (nSPS) is 31.3. The minimum absolute atomic E-state index is 0.0000185. The van der Waals surface area contributed by atoms with Crippen molar-refractivity contribution in [2.24, 2.45) is 17.3 Å². The lowest BCUT2D eigenvalue weighted by Gasteiger charge is -2.60. The van der Waals surface area contributed by atoms with Gasteiger partial charge < -0.3 is 19.5 Å². The first-order chi connectivity index (χ1) is 14.4. The molecule has 1 aromatic carbocycles. The molecule has 4 aliphatic rings. The van der Waals surface area contributed by atoms with Gasteiger partial charge in [-0.1, -0.05) is 6.92 Å². The molecule has 6 heteroatoms. The minimum atomic E-state index is -0.440. The largest absolute Gasteiger partial charge is 0.494 e. The van der Waals surface area contributed by atoms with Crippen molar-refractivity contribution in [3.63, 3.8) is 0 Å². The number of carbonyl (C=O) groups is 2. The number of ether oxygens (including phenoxy) is 3. The van der Waals surface area contributed by atoms with Crippen LogP contribution < -0.4 is 14.8 Å². The van der Waals surface area contributed by atoms with Gasteiger partial charge in [-0.05, 0) is 81.0 Å². The maximum atomic E-state index is 13.1. The molecule has 4 fully saturated rings. The molecular weight excluding hydrogens is 382 g/mol. The van der Waals surface area contributed by atoms with Crippen molar-refractivity contribution in [1.82, 2.24) is 5.32 Å². The molecule has 2 atom stereocenters. The summed E-state index contributed by atoms with van der Waals surface area (Å²) < 4.78 is 17.0. The summed E-state index contributed by atoms with van der Waals surface area (Å²) in [6.07, 6.45) is 6.65. The van der Waals surface area contributed by atoms with E-state index in [0.717, 1.165) is 43.6 Å². The van der Waals surface area contributed by atoms with Gasteiger partial charge in [-0.3, -0.25) is 9.59 Å². The zero-order valence-electron chi connectivity index (χ0n) is 18.1. The Morgan fingerprint density at radius 2 is 1.57 bits per heavy atom. The molecular formula is C24H33NO5. The summed E-state index contributed by atoms with van der Waals surface area (Å²) >= 11 is 0. The van der Waals surface area contributed by atoms with Gasteiger partial charge in [-0.15, -0.1) is 0 Å². The molecule has 1 amide bonds. The molecule has 1 N–H and O–H groups in total. The van der Waals surface area contributed by atoms with Crippen LogP contribution in [0.3, 0.4) is 0 Å². The standard InChI is InChI=1S/C24H33NO5/c1-3-8-28-20-4-6-21(7-5-20)29-9-10-30-22(27)23-12-18-11-19(13-23)15-24(14-18,16-23)25-17(2)26/h4-7,18-19H,3,8-16H2,1-2H3,(H,25,26). The first-order valence-corrected chi connectivity index (χ1v) is 11.2. The molecule has 164 valence electrons. The van der Waals surface area contributed by atoms with Gasteiger partial charge in [0.2, 0.25) is 5.91 Å². The van der Waals surface area contributed by atoms with E-state index in [1.165, 1.54) is 6.42 Å². The predicted molar refractivity (Wildman–Crippen MR) is 112 cm³/mol. The summed E-state index contributed by atoms with van der Waals surface area (Å²) in [7, 11) is 0. The van der Waals surface area contributed by atoms with Crippen LogP contribution in [0, 0.1) is 17.3 Å². The van der Waals surface area contributed by atoms with E-state index in [1.807, 2.05) is 24.3 Å². The molecule has 1 aromatic rings. The molecule has 4 bridgehead atoms. The second-order valence-corrected chi connectivity index (χ2v) is 9.51. The van der Waals surface area contributed by atoms with Gasteiger partial charge in [0.25, 0.3) is 0 Å². The summed E-state index contributed by atoms with van der Waals surface area (Å²) in [4.78, 5) is 24.8. The quantitative estimate of drug-likeness (QED) is 0.490. The fourth-order valence-corrected chi connectivity index (χ4v) is 6.32. The summed E-state index contributed by atoms with van der Waals surface area (Å²) in [5.74, 6) is 2.46. The molecule has 5 rings (SSSR count). The molecule has 4 saturated carbocycles. The third kappa shape index (κ3) is 4.42.